The van der Waals surface area contributed by atoms with Crippen LogP contribution in [0.1, 0.15) is 39.1 Å². The molecule has 1 aromatic carbocycles. The normalized spacial score (nSPS) is 13.4. The van der Waals surface area contributed by atoms with Gasteiger partial charge in [0.2, 0.25) is 0 Å². The van der Waals surface area contributed by atoms with E-state index in [4.69, 9.17) is 0 Å². The number of fused-ring (bicyclic) bond motifs is 1. The molecule has 0 aliphatic rings. The summed E-state index contributed by atoms with van der Waals surface area (Å²) >= 11 is 0. The second-order valence-electron chi connectivity index (χ2n) is 5.00. The fraction of sp³-hybridized carbons (Fsp3) is 0.500. The van der Waals surface area contributed by atoms with E-state index in [0.29, 0.717) is 0 Å². The number of hydrogen-bond donors (Lipinski definition) is 2. The zero-order chi connectivity index (χ0) is 12.3. The molecule has 2 rings (SSSR count). The average molecular weight is 231 g/mol. The summed E-state index contributed by atoms with van der Waals surface area (Å²) in [4.78, 5) is 7.95. The van der Waals surface area contributed by atoms with Gasteiger partial charge in [-0.15, -0.1) is 0 Å². The van der Waals surface area contributed by atoms with E-state index in [2.05, 4.69) is 42.1 Å². The Morgan fingerprint density at radius 3 is 2.71 bits per heavy atom. The Balaban J connectivity index is 2.01. The summed E-state index contributed by atoms with van der Waals surface area (Å²) in [5.41, 5.74) is 2.15. The molecule has 17 heavy (non-hydrogen) atoms. The molecule has 0 aliphatic heterocycles. The summed E-state index contributed by atoms with van der Waals surface area (Å²) in [7, 11) is 0. The SMILES string of the molecule is CC(C)CCNC(C)c1nc2ccccc2[nH]1. The summed E-state index contributed by atoms with van der Waals surface area (Å²) in [6.07, 6.45) is 1.20. The number of H-pyrrole nitrogens is 1. The molecule has 0 saturated carbocycles. The highest BCUT2D eigenvalue weighted by Crippen LogP contribution is 2.15. The van der Waals surface area contributed by atoms with E-state index in [0.717, 1.165) is 29.3 Å². The van der Waals surface area contributed by atoms with Crippen LogP contribution in [0.25, 0.3) is 11.0 Å². The molecular formula is C14H21N3. The van der Waals surface area contributed by atoms with Crippen LogP contribution in [-0.2, 0) is 0 Å². The molecule has 1 atom stereocenters. The van der Waals surface area contributed by atoms with Gasteiger partial charge in [0.15, 0.2) is 0 Å². The van der Waals surface area contributed by atoms with Gasteiger partial charge in [-0.1, -0.05) is 26.0 Å². The predicted octanol–water partition coefficient (Wildman–Crippen LogP) is 3.26. The molecule has 2 aromatic rings. The summed E-state index contributed by atoms with van der Waals surface area (Å²) < 4.78 is 0. The predicted molar refractivity (Wildman–Crippen MR) is 72.0 cm³/mol. The van der Waals surface area contributed by atoms with Gasteiger partial charge in [-0.2, -0.15) is 0 Å². The van der Waals surface area contributed by atoms with Crippen LogP contribution in [0.15, 0.2) is 24.3 Å². The lowest BCUT2D eigenvalue weighted by molar-refractivity contribution is 0.487. The lowest BCUT2D eigenvalue weighted by Crippen LogP contribution is -2.21. The lowest BCUT2D eigenvalue weighted by Gasteiger charge is -2.12. The van der Waals surface area contributed by atoms with Crippen LogP contribution in [0.2, 0.25) is 0 Å². The third kappa shape index (κ3) is 3.07. The second-order valence-corrected chi connectivity index (χ2v) is 5.00. The highest BCUT2D eigenvalue weighted by Gasteiger charge is 2.09. The number of para-hydroxylation sites is 2. The number of nitrogens with one attached hydrogen (secondary N) is 2. The van der Waals surface area contributed by atoms with Gasteiger partial charge in [-0.25, -0.2) is 4.98 Å². The van der Waals surface area contributed by atoms with Crippen LogP contribution >= 0.6 is 0 Å². The molecule has 0 amide bonds. The van der Waals surface area contributed by atoms with Gasteiger partial charge in [0, 0.05) is 0 Å². The largest absolute Gasteiger partial charge is 0.341 e. The van der Waals surface area contributed by atoms with Gasteiger partial charge in [-0.3, -0.25) is 0 Å². The van der Waals surface area contributed by atoms with E-state index in [1.54, 1.807) is 0 Å². The average Bonchev–Trinajstić information content (AvgIpc) is 2.71. The number of hydrogen-bond acceptors (Lipinski definition) is 2. The summed E-state index contributed by atoms with van der Waals surface area (Å²) in [6.45, 7) is 7.68. The van der Waals surface area contributed by atoms with E-state index in [-0.39, 0.29) is 6.04 Å². The molecule has 1 unspecified atom stereocenters. The quantitative estimate of drug-likeness (QED) is 0.829. The molecule has 3 nitrogen and oxygen atoms in total. The summed E-state index contributed by atoms with van der Waals surface area (Å²) in [6, 6.07) is 8.43. The van der Waals surface area contributed by atoms with Gasteiger partial charge in [0.05, 0.1) is 17.1 Å². The van der Waals surface area contributed by atoms with Gasteiger partial charge in [0.25, 0.3) is 0 Å². The van der Waals surface area contributed by atoms with Crippen molar-refractivity contribution in [1.82, 2.24) is 15.3 Å². The zero-order valence-electron chi connectivity index (χ0n) is 10.8. The van der Waals surface area contributed by atoms with Crippen molar-refractivity contribution >= 4 is 11.0 Å². The Kier molecular flexibility index (Phi) is 3.79. The molecule has 3 heteroatoms. The minimum absolute atomic E-state index is 0.279. The number of benzene rings is 1. The van der Waals surface area contributed by atoms with Crippen molar-refractivity contribution in [2.75, 3.05) is 6.54 Å². The minimum atomic E-state index is 0.279. The van der Waals surface area contributed by atoms with Crippen LogP contribution < -0.4 is 5.32 Å². The Bertz CT molecular complexity index is 440. The topological polar surface area (TPSA) is 40.7 Å². The van der Waals surface area contributed by atoms with E-state index in [1.807, 2.05) is 18.2 Å². The zero-order valence-corrected chi connectivity index (χ0v) is 10.8. The highest BCUT2D eigenvalue weighted by molar-refractivity contribution is 5.74. The fourth-order valence-electron chi connectivity index (χ4n) is 1.86. The first-order valence-electron chi connectivity index (χ1n) is 6.35. The molecule has 0 fully saturated rings. The number of aromatic nitrogens is 2. The first kappa shape index (κ1) is 12.1. The molecule has 0 saturated heterocycles. The first-order chi connectivity index (χ1) is 8.16. The lowest BCUT2D eigenvalue weighted by atomic mass is 10.1. The standard InChI is InChI=1S/C14H21N3/c1-10(2)8-9-15-11(3)14-16-12-6-4-5-7-13(12)17-14/h4-7,10-11,15H,8-9H2,1-3H3,(H,16,17). The Hall–Kier alpha value is -1.35. The van der Waals surface area contributed by atoms with Crippen molar-refractivity contribution in [3.63, 3.8) is 0 Å². The van der Waals surface area contributed by atoms with E-state index in [9.17, 15) is 0 Å². The maximum absolute atomic E-state index is 4.59. The van der Waals surface area contributed by atoms with Crippen molar-refractivity contribution < 1.29 is 0 Å². The Morgan fingerprint density at radius 1 is 1.24 bits per heavy atom. The maximum atomic E-state index is 4.59. The molecule has 0 bridgehead atoms. The van der Waals surface area contributed by atoms with Gasteiger partial charge < -0.3 is 10.3 Å². The fourth-order valence-corrected chi connectivity index (χ4v) is 1.86. The van der Waals surface area contributed by atoms with Crippen molar-refractivity contribution in [1.29, 1.82) is 0 Å². The van der Waals surface area contributed by atoms with Crippen molar-refractivity contribution in [3.8, 4) is 0 Å². The monoisotopic (exact) mass is 231 g/mol. The number of nitrogens with zero attached hydrogens (tertiary/aromatic N) is 1. The van der Waals surface area contributed by atoms with E-state index < -0.39 is 0 Å². The van der Waals surface area contributed by atoms with Crippen molar-refractivity contribution in [2.45, 2.75) is 33.2 Å². The molecule has 0 spiro atoms. The number of imidazole rings is 1. The van der Waals surface area contributed by atoms with Crippen LogP contribution in [-0.4, -0.2) is 16.5 Å². The molecule has 0 radical (unpaired) electrons. The summed E-state index contributed by atoms with van der Waals surface area (Å²) in [5, 5.41) is 3.50. The van der Waals surface area contributed by atoms with Crippen LogP contribution in [0, 0.1) is 5.92 Å². The number of rotatable bonds is 5. The van der Waals surface area contributed by atoms with Gasteiger partial charge >= 0.3 is 0 Å². The van der Waals surface area contributed by atoms with Gasteiger partial charge in [-0.05, 0) is 37.9 Å². The van der Waals surface area contributed by atoms with Crippen molar-refractivity contribution in [2.24, 2.45) is 5.92 Å². The number of aromatic amines is 1. The Morgan fingerprint density at radius 2 is 2.00 bits per heavy atom. The first-order valence-corrected chi connectivity index (χ1v) is 6.35. The van der Waals surface area contributed by atoms with Crippen LogP contribution in [0.4, 0.5) is 0 Å². The molecule has 2 N–H and O–H groups in total. The highest BCUT2D eigenvalue weighted by atomic mass is 15.0. The Labute approximate surface area is 103 Å². The van der Waals surface area contributed by atoms with E-state index in [1.165, 1.54) is 6.42 Å². The van der Waals surface area contributed by atoms with Crippen molar-refractivity contribution in [3.05, 3.63) is 30.1 Å². The second kappa shape index (κ2) is 5.32. The van der Waals surface area contributed by atoms with E-state index >= 15 is 0 Å². The molecule has 1 heterocycles. The third-order valence-electron chi connectivity index (χ3n) is 2.99. The van der Waals surface area contributed by atoms with Crippen LogP contribution in [0.3, 0.4) is 0 Å². The smallest absolute Gasteiger partial charge is 0.124 e. The maximum Gasteiger partial charge on any atom is 0.124 e. The van der Waals surface area contributed by atoms with Crippen LogP contribution in [0.5, 0.6) is 0 Å². The molecule has 0 aliphatic carbocycles. The molecular weight excluding hydrogens is 210 g/mol. The molecule has 92 valence electrons. The van der Waals surface area contributed by atoms with Gasteiger partial charge in [0.1, 0.15) is 5.82 Å². The summed E-state index contributed by atoms with van der Waals surface area (Å²) in [5.74, 6) is 1.76. The minimum Gasteiger partial charge on any atom is -0.341 e. The third-order valence-corrected chi connectivity index (χ3v) is 2.99. The molecule has 1 aromatic heterocycles.